The van der Waals surface area contributed by atoms with E-state index in [4.69, 9.17) is 13.7 Å². The Balaban J connectivity index is 1.94. The van der Waals surface area contributed by atoms with Crippen molar-refractivity contribution in [3.05, 3.63) is 47.8 Å². The van der Waals surface area contributed by atoms with E-state index in [0.29, 0.717) is 17.2 Å². The molecule has 0 N–H and O–H groups in total. The molecule has 2 aromatic carbocycles. The quantitative estimate of drug-likeness (QED) is 0.497. The van der Waals surface area contributed by atoms with Gasteiger partial charge in [-0.05, 0) is 39.8 Å². The first-order valence-electron chi connectivity index (χ1n) is 8.50. The van der Waals surface area contributed by atoms with Crippen molar-refractivity contribution < 1.29 is 26.9 Å². The first-order valence-corrected chi connectivity index (χ1v) is 8.50. The fourth-order valence-corrected chi connectivity index (χ4v) is 2.99. The van der Waals surface area contributed by atoms with E-state index in [0.717, 1.165) is 0 Å². The molecule has 0 unspecified atom stereocenters. The van der Waals surface area contributed by atoms with E-state index in [-0.39, 0.29) is 11.4 Å². The minimum Gasteiger partial charge on any atom is -0.436 e. The summed E-state index contributed by atoms with van der Waals surface area (Å²) in [6, 6.07) is 7.21. The van der Waals surface area contributed by atoms with E-state index in [2.05, 4.69) is 4.98 Å². The van der Waals surface area contributed by atoms with E-state index in [1.165, 1.54) is 0 Å². The van der Waals surface area contributed by atoms with Crippen LogP contribution in [0.5, 0.6) is 0 Å². The molecule has 1 fully saturated rings. The van der Waals surface area contributed by atoms with Crippen molar-refractivity contribution in [3.63, 3.8) is 0 Å². The van der Waals surface area contributed by atoms with Crippen molar-refractivity contribution in [2.75, 3.05) is 0 Å². The maximum atomic E-state index is 14.8. The molecule has 0 spiro atoms. The van der Waals surface area contributed by atoms with Gasteiger partial charge in [-0.3, -0.25) is 0 Å². The second kappa shape index (κ2) is 5.84. The number of fused-ring (bicyclic) bond motifs is 1. The third-order valence-corrected chi connectivity index (χ3v) is 5.21. The minimum absolute atomic E-state index is 0.239. The third-order valence-electron chi connectivity index (χ3n) is 5.21. The number of halogens is 3. The van der Waals surface area contributed by atoms with E-state index < -0.39 is 41.3 Å². The molecule has 1 aliphatic heterocycles. The van der Waals surface area contributed by atoms with Gasteiger partial charge in [0, 0.05) is 11.5 Å². The van der Waals surface area contributed by atoms with Crippen molar-refractivity contribution in [2.45, 2.75) is 38.9 Å². The second-order valence-corrected chi connectivity index (χ2v) is 7.52. The molecule has 0 bridgehead atoms. The highest BCUT2D eigenvalue weighted by atomic mass is 19.2. The highest BCUT2D eigenvalue weighted by Gasteiger charge is 2.53. The van der Waals surface area contributed by atoms with Crippen LogP contribution in [0.1, 0.15) is 27.7 Å². The summed E-state index contributed by atoms with van der Waals surface area (Å²) in [4.78, 5) is 4.18. The van der Waals surface area contributed by atoms with Crippen LogP contribution in [0.4, 0.5) is 13.2 Å². The van der Waals surface area contributed by atoms with Crippen LogP contribution in [0, 0.1) is 17.5 Å². The summed E-state index contributed by atoms with van der Waals surface area (Å²) in [7, 11) is -1.24. The molecule has 4 nitrogen and oxygen atoms in total. The maximum absolute atomic E-state index is 14.8. The fourth-order valence-electron chi connectivity index (χ4n) is 2.99. The lowest BCUT2D eigenvalue weighted by Crippen LogP contribution is -2.41. The Morgan fingerprint density at radius 2 is 1.56 bits per heavy atom. The molecule has 4 rings (SSSR count). The number of rotatable bonds is 2. The lowest BCUT2D eigenvalue weighted by atomic mass is 9.75. The van der Waals surface area contributed by atoms with E-state index in [1.807, 2.05) is 0 Å². The topological polar surface area (TPSA) is 44.5 Å². The van der Waals surface area contributed by atoms with Gasteiger partial charge in [0.2, 0.25) is 5.89 Å². The van der Waals surface area contributed by atoms with Crippen LogP contribution in [-0.4, -0.2) is 23.3 Å². The molecule has 0 saturated carbocycles. The van der Waals surface area contributed by atoms with Crippen LogP contribution in [0.3, 0.4) is 0 Å². The summed E-state index contributed by atoms with van der Waals surface area (Å²) < 4.78 is 60.7. The maximum Gasteiger partial charge on any atom is 0.498 e. The van der Waals surface area contributed by atoms with Gasteiger partial charge in [-0.1, -0.05) is 12.1 Å². The average molecular weight is 375 g/mol. The van der Waals surface area contributed by atoms with Crippen LogP contribution < -0.4 is 5.46 Å². The fraction of sp³-hybridized carbons (Fsp3) is 0.316. The van der Waals surface area contributed by atoms with E-state index in [9.17, 15) is 13.2 Å². The molecular weight excluding hydrogens is 358 g/mol. The molecular formula is C19H17BF3NO3. The first-order chi connectivity index (χ1) is 12.6. The smallest absolute Gasteiger partial charge is 0.436 e. The Hall–Kier alpha value is -2.32. The summed E-state index contributed by atoms with van der Waals surface area (Å²) in [5.41, 5.74) is -1.48. The summed E-state index contributed by atoms with van der Waals surface area (Å²) in [5.74, 6) is -3.85. The highest BCUT2D eigenvalue weighted by Crippen LogP contribution is 2.38. The van der Waals surface area contributed by atoms with Gasteiger partial charge in [0.25, 0.3) is 0 Å². The predicted octanol–water partition coefficient (Wildman–Crippen LogP) is 4.21. The lowest BCUT2D eigenvalue weighted by Gasteiger charge is -2.32. The number of aromatic nitrogens is 1. The van der Waals surface area contributed by atoms with Gasteiger partial charge in [-0.2, -0.15) is 0 Å². The van der Waals surface area contributed by atoms with Crippen LogP contribution in [-0.2, 0) is 9.31 Å². The Morgan fingerprint density at radius 3 is 2.19 bits per heavy atom. The minimum atomic E-state index is -1.34. The van der Waals surface area contributed by atoms with Gasteiger partial charge in [0.15, 0.2) is 17.2 Å². The van der Waals surface area contributed by atoms with Crippen LogP contribution in [0.15, 0.2) is 34.7 Å². The van der Waals surface area contributed by atoms with E-state index in [1.54, 1.807) is 52.0 Å². The number of para-hydroxylation sites is 2. The van der Waals surface area contributed by atoms with Crippen molar-refractivity contribution in [1.29, 1.82) is 0 Å². The number of oxazole rings is 1. The summed E-state index contributed by atoms with van der Waals surface area (Å²) in [6.45, 7) is 7.13. The zero-order valence-electron chi connectivity index (χ0n) is 15.3. The highest BCUT2D eigenvalue weighted by molar-refractivity contribution is 6.64. The Morgan fingerprint density at radius 1 is 0.926 bits per heavy atom. The van der Waals surface area contributed by atoms with Gasteiger partial charge in [0.1, 0.15) is 11.3 Å². The molecule has 0 radical (unpaired) electrons. The number of nitrogens with zero attached hydrogens (tertiary/aromatic N) is 1. The van der Waals surface area contributed by atoms with Gasteiger partial charge >= 0.3 is 7.12 Å². The average Bonchev–Trinajstić information content (AvgIpc) is 3.08. The van der Waals surface area contributed by atoms with Gasteiger partial charge < -0.3 is 13.7 Å². The normalized spacial score (nSPS) is 18.4. The Labute approximate surface area is 154 Å². The summed E-state index contributed by atoms with van der Waals surface area (Å²) >= 11 is 0. The first kappa shape index (κ1) is 18.1. The predicted molar refractivity (Wildman–Crippen MR) is 95.0 cm³/mol. The Bertz CT molecular complexity index is 999. The molecule has 0 amide bonds. The molecule has 8 heteroatoms. The van der Waals surface area contributed by atoms with Crippen LogP contribution in [0.25, 0.3) is 22.6 Å². The number of benzene rings is 2. The molecule has 0 atom stereocenters. The summed E-state index contributed by atoms with van der Waals surface area (Å²) in [6.07, 6.45) is 0. The molecule has 1 aliphatic rings. The lowest BCUT2D eigenvalue weighted by molar-refractivity contribution is 0.00578. The van der Waals surface area contributed by atoms with Crippen LogP contribution in [0.2, 0.25) is 0 Å². The third kappa shape index (κ3) is 2.75. The Kier molecular flexibility index (Phi) is 3.91. The van der Waals surface area contributed by atoms with Gasteiger partial charge in [0.05, 0.1) is 16.8 Å². The monoisotopic (exact) mass is 375 g/mol. The molecule has 140 valence electrons. The molecule has 1 aromatic heterocycles. The molecule has 2 heterocycles. The number of hydrogen-bond acceptors (Lipinski definition) is 4. The van der Waals surface area contributed by atoms with Crippen LogP contribution >= 0.6 is 0 Å². The van der Waals surface area contributed by atoms with Gasteiger partial charge in [-0.25, -0.2) is 18.2 Å². The zero-order valence-corrected chi connectivity index (χ0v) is 15.3. The largest absolute Gasteiger partial charge is 0.498 e. The second-order valence-electron chi connectivity index (χ2n) is 7.52. The van der Waals surface area contributed by atoms with Crippen molar-refractivity contribution in [1.82, 2.24) is 4.98 Å². The number of hydrogen-bond donors (Lipinski definition) is 0. The molecule has 1 saturated heterocycles. The van der Waals surface area contributed by atoms with Crippen molar-refractivity contribution in [2.24, 2.45) is 0 Å². The summed E-state index contributed by atoms with van der Waals surface area (Å²) in [5, 5.41) is 0. The zero-order chi connectivity index (χ0) is 19.6. The molecule has 3 aromatic rings. The SMILES string of the molecule is CC1(C)OB(c2c(F)cc(F)c(F)c2-c2nc3ccccc3o2)OC1(C)C. The van der Waals surface area contributed by atoms with Crippen molar-refractivity contribution >= 4 is 23.7 Å². The van der Waals surface area contributed by atoms with Crippen molar-refractivity contribution in [3.8, 4) is 11.5 Å². The molecule has 27 heavy (non-hydrogen) atoms. The standard InChI is InChI=1S/C19H17BF3NO3/c1-18(2)19(3,4)27-20(26-18)15-10(21)9-11(22)16(23)14(15)17-24-12-7-5-6-8-13(12)25-17/h5-9H,1-4H3. The van der Waals surface area contributed by atoms with E-state index >= 15 is 0 Å². The van der Waals surface area contributed by atoms with Gasteiger partial charge in [-0.15, -0.1) is 0 Å². The molecule has 0 aliphatic carbocycles.